The largest absolute Gasteiger partial charge is 0.465 e. The number of rotatable bonds is 3. The van der Waals surface area contributed by atoms with Crippen LogP contribution < -0.4 is 9.47 Å². The van der Waals surface area contributed by atoms with E-state index in [-0.39, 0.29) is 5.57 Å². The molecule has 1 aromatic rings. The van der Waals surface area contributed by atoms with Crippen molar-refractivity contribution >= 4 is 18.0 Å². The molecule has 1 heterocycles. The third kappa shape index (κ3) is 4.28. The van der Waals surface area contributed by atoms with Crippen molar-refractivity contribution < 1.29 is 28.5 Å². The van der Waals surface area contributed by atoms with Crippen LogP contribution >= 0.6 is 0 Å². The maximum Gasteiger partial charge on any atom is 0.346 e. The fraction of sp³-hybridized carbons (Fsp3) is 0.444. The third-order valence-electron chi connectivity index (χ3n) is 3.01. The Balaban J connectivity index is 2.34. The van der Waals surface area contributed by atoms with E-state index in [0.29, 0.717) is 17.1 Å². The number of hydrogen-bond donors (Lipinski definition) is 0. The molecule has 6 nitrogen and oxygen atoms in total. The molecule has 1 aliphatic rings. The van der Waals surface area contributed by atoms with E-state index in [0.717, 1.165) is 0 Å². The first kappa shape index (κ1) is 17.8. The second-order valence-electron chi connectivity index (χ2n) is 6.86. The van der Waals surface area contributed by atoms with E-state index >= 15 is 0 Å². The molecule has 0 fully saturated rings. The van der Waals surface area contributed by atoms with Gasteiger partial charge in [-0.05, 0) is 44.5 Å². The Bertz CT molecular complexity index is 694. The predicted molar refractivity (Wildman–Crippen MR) is 87.6 cm³/mol. The van der Waals surface area contributed by atoms with Gasteiger partial charge in [-0.3, -0.25) is 0 Å². The van der Waals surface area contributed by atoms with Gasteiger partial charge in [-0.15, -0.1) is 0 Å². The predicted octanol–water partition coefficient (Wildman–Crippen LogP) is 3.09. The summed E-state index contributed by atoms with van der Waals surface area (Å²) in [4.78, 5) is 24.2. The highest BCUT2D eigenvalue weighted by atomic mass is 16.7. The molecule has 0 saturated carbocycles. The van der Waals surface area contributed by atoms with Crippen molar-refractivity contribution in [3.05, 3.63) is 29.3 Å². The fourth-order valence-electron chi connectivity index (χ4n) is 2.14. The zero-order chi connectivity index (χ0) is 18.1. The number of esters is 2. The van der Waals surface area contributed by atoms with E-state index in [1.165, 1.54) is 13.2 Å². The average Bonchev–Trinajstić information content (AvgIpc) is 2.74. The number of carbonyl (C=O) groups excluding carboxylic acids is 2. The molecule has 0 aromatic heterocycles. The summed E-state index contributed by atoms with van der Waals surface area (Å²) in [6, 6.07) is 5.13. The molecule has 0 spiro atoms. The van der Waals surface area contributed by atoms with Gasteiger partial charge in [0.2, 0.25) is 5.79 Å². The van der Waals surface area contributed by atoms with Crippen LogP contribution in [0.15, 0.2) is 23.8 Å². The molecule has 1 aromatic carbocycles. The Labute approximate surface area is 141 Å². The lowest BCUT2D eigenvalue weighted by Crippen LogP contribution is -2.29. The van der Waals surface area contributed by atoms with E-state index in [1.54, 1.807) is 52.8 Å². The zero-order valence-corrected chi connectivity index (χ0v) is 14.8. The van der Waals surface area contributed by atoms with Crippen molar-refractivity contribution in [3.8, 4) is 11.5 Å². The fourth-order valence-corrected chi connectivity index (χ4v) is 2.14. The van der Waals surface area contributed by atoms with E-state index in [2.05, 4.69) is 4.74 Å². The second kappa shape index (κ2) is 6.19. The van der Waals surface area contributed by atoms with Crippen molar-refractivity contribution in [2.24, 2.45) is 0 Å². The van der Waals surface area contributed by atoms with Crippen molar-refractivity contribution in [1.82, 2.24) is 0 Å². The number of hydrogen-bond acceptors (Lipinski definition) is 6. The Hall–Kier alpha value is -2.50. The molecule has 2 rings (SSSR count). The maximum absolute atomic E-state index is 12.3. The highest BCUT2D eigenvalue weighted by Crippen LogP contribution is 2.39. The highest BCUT2D eigenvalue weighted by Gasteiger charge is 2.32. The normalized spacial score (nSPS) is 15.8. The first-order valence-corrected chi connectivity index (χ1v) is 7.56. The molecule has 24 heavy (non-hydrogen) atoms. The minimum Gasteiger partial charge on any atom is -0.465 e. The zero-order valence-electron chi connectivity index (χ0n) is 14.8. The van der Waals surface area contributed by atoms with Gasteiger partial charge in [-0.1, -0.05) is 6.07 Å². The first-order chi connectivity index (χ1) is 11.0. The second-order valence-corrected chi connectivity index (χ2v) is 6.86. The average molecular weight is 334 g/mol. The van der Waals surface area contributed by atoms with E-state index < -0.39 is 23.3 Å². The minimum atomic E-state index is -0.762. The van der Waals surface area contributed by atoms with Gasteiger partial charge in [-0.2, -0.15) is 0 Å². The summed E-state index contributed by atoms with van der Waals surface area (Å²) in [5.74, 6) is -1.10. The summed E-state index contributed by atoms with van der Waals surface area (Å²) < 4.78 is 21.2. The van der Waals surface area contributed by atoms with Crippen molar-refractivity contribution in [3.63, 3.8) is 0 Å². The summed E-state index contributed by atoms with van der Waals surface area (Å²) in [6.45, 7) is 8.76. The quantitative estimate of drug-likeness (QED) is 0.366. The summed E-state index contributed by atoms with van der Waals surface area (Å²) in [7, 11) is 1.21. The molecule has 0 N–H and O–H groups in total. The van der Waals surface area contributed by atoms with E-state index in [9.17, 15) is 9.59 Å². The molecule has 130 valence electrons. The van der Waals surface area contributed by atoms with Crippen LogP contribution in [0, 0.1) is 0 Å². The number of methoxy groups -OCH3 is 1. The molecular formula is C18H22O6. The summed E-state index contributed by atoms with van der Waals surface area (Å²) in [6.07, 6.45) is 1.41. The van der Waals surface area contributed by atoms with Gasteiger partial charge >= 0.3 is 11.9 Å². The molecule has 0 unspecified atom stereocenters. The van der Waals surface area contributed by atoms with Crippen molar-refractivity contribution in [2.75, 3.05) is 7.11 Å². The molecule has 0 bridgehead atoms. The van der Waals surface area contributed by atoms with E-state index in [1.807, 2.05) is 0 Å². The molecule has 6 heteroatoms. The van der Waals surface area contributed by atoms with Gasteiger partial charge in [0.1, 0.15) is 11.2 Å². The van der Waals surface area contributed by atoms with Gasteiger partial charge in [0.25, 0.3) is 0 Å². The van der Waals surface area contributed by atoms with Crippen LogP contribution in [0.4, 0.5) is 0 Å². The molecule has 0 radical (unpaired) electrons. The van der Waals surface area contributed by atoms with Crippen LogP contribution in [0.25, 0.3) is 6.08 Å². The smallest absolute Gasteiger partial charge is 0.346 e. The number of benzene rings is 1. The molecule has 0 amide bonds. The standard InChI is InChI=1S/C18H22O6/c1-17(2,3)24-16(20)12(15(19)21-6)9-11-7-8-13-14(10-11)23-18(4,5)22-13/h7-10H,1-6H3. The van der Waals surface area contributed by atoms with Gasteiger partial charge < -0.3 is 18.9 Å². The summed E-state index contributed by atoms with van der Waals surface area (Å²) >= 11 is 0. The molecule has 0 saturated heterocycles. The SMILES string of the molecule is COC(=O)C(=Cc1ccc2c(c1)OC(C)(C)O2)C(=O)OC(C)(C)C. The van der Waals surface area contributed by atoms with Crippen LogP contribution in [0.5, 0.6) is 11.5 Å². The van der Waals surface area contributed by atoms with Crippen LogP contribution in [-0.4, -0.2) is 30.4 Å². The van der Waals surface area contributed by atoms with E-state index in [4.69, 9.17) is 14.2 Å². The molecule has 1 aliphatic heterocycles. The van der Waals surface area contributed by atoms with Gasteiger partial charge in [0, 0.05) is 13.8 Å². The summed E-state index contributed by atoms with van der Waals surface area (Å²) in [5.41, 5.74) is -0.310. The number of ether oxygens (including phenoxy) is 4. The van der Waals surface area contributed by atoms with Gasteiger partial charge in [0.15, 0.2) is 11.5 Å². The Kier molecular flexibility index (Phi) is 4.60. The Morgan fingerprint density at radius 1 is 1.08 bits per heavy atom. The minimum absolute atomic E-state index is 0.189. The van der Waals surface area contributed by atoms with Crippen LogP contribution in [0.1, 0.15) is 40.2 Å². The molecule has 0 atom stereocenters. The third-order valence-corrected chi connectivity index (χ3v) is 3.01. The lowest BCUT2D eigenvalue weighted by Gasteiger charge is -2.20. The highest BCUT2D eigenvalue weighted by molar-refractivity contribution is 6.17. The molecular weight excluding hydrogens is 312 g/mol. The maximum atomic E-state index is 12.3. The summed E-state index contributed by atoms with van der Waals surface area (Å²) in [5, 5.41) is 0. The van der Waals surface area contributed by atoms with Crippen LogP contribution in [0.3, 0.4) is 0 Å². The van der Waals surface area contributed by atoms with Crippen molar-refractivity contribution in [2.45, 2.75) is 46.0 Å². The number of fused-ring (bicyclic) bond motifs is 1. The Morgan fingerprint density at radius 2 is 1.71 bits per heavy atom. The van der Waals surface area contributed by atoms with Gasteiger partial charge in [-0.25, -0.2) is 9.59 Å². The number of carbonyl (C=O) groups is 2. The van der Waals surface area contributed by atoms with Crippen LogP contribution in [-0.2, 0) is 19.1 Å². The van der Waals surface area contributed by atoms with Crippen molar-refractivity contribution in [1.29, 1.82) is 0 Å². The molecule has 0 aliphatic carbocycles. The lowest BCUT2D eigenvalue weighted by molar-refractivity contribution is -0.153. The first-order valence-electron chi connectivity index (χ1n) is 7.56. The topological polar surface area (TPSA) is 71.1 Å². The lowest BCUT2D eigenvalue weighted by atomic mass is 10.1. The Morgan fingerprint density at radius 3 is 2.29 bits per heavy atom. The van der Waals surface area contributed by atoms with Gasteiger partial charge in [0.05, 0.1) is 7.11 Å². The van der Waals surface area contributed by atoms with Crippen LogP contribution in [0.2, 0.25) is 0 Å². The monoisotopic (exact) mass is 334 g/mol.